The maximum Gasteiger partial charge on any atom is 0.259 e. The van der Waals surface area contributed by atoms with Crippen LogP contribution in [0, 0.1) is 5.82 Å². The molecule has 0 aliphatic heterocycles. The van der Waals surface area contributed by atoms with Crippen LogP contribution in [0.2, 0.25) is 0 Å². The second-order valence-corrected chi connectivity index (χ2v) is 7.85. The Labute approximate surface area is 207 Å². The fourth-order valence-corrected chi connectivity index (χ4v) is 3.25. The minimum absolute atomic E-state index is 0.204. The lowest BCUT2D eigenvalue weighted by Gasteiger charge is -2.08. The van der Waals surface area contributed by atoms with Gasteiger partial charge in [0.05, 0.1) is 12.8 Å². The Bertz CT molecular complexity index is 1360. The highest BCUT2D eigenvalue weighted by Crippen LogP contribution is 2.20. The quantitative estimate of drug-likeness (QED) is 0.260. The molecule has 0 aliphatic rings. The molecule has 0 saturated heterocycles. The Balaban J connectivity index is 1.14. The van der Waals surface area contributed by atoms with Crippen LogP contribution in [-0.4, -0.2) is 31.2 Å². The first kappa shape index (κ1) is 24.4. The van der Waals surface area contributed by atoms with Crippen LogP contribution < -0.4 is 20.2 Å². The summed E-state index contributed by atoms with van der Waals surface area (Å²) >= 11 is 0. The predicted molar refractivity (Wildman–Crippen MR) is 135 cm³/mol. The van der Waals surface area contributed by atoms with Crippen LogP contribution in [-0.2, 0) is 16.2 Å². The molecule has 36 heavy (non-hydrogen) atoms. The standard InChI is InChI=1S/C28H24FN3O4/c29-24-10-5-21(6-11-24)18-35-25-12-7-20(8-13-25)16-31-32-27(33)17-30-28(34)19-36-26-14-9-22-3-1-2-4-23(22)15-26/h1-16H,17-19H2,(H,30,34)(H,32,33)/b31-16+. The smallest absolute Gasteiger partial charge is 0.259 e. The second kappa shape index (κ2) is 12.1. The van der Waals surface area contributed by atoms with Crippen molar-refractivity contribution in [1.29, 1.82) is 0 Å². The van der Waals surface area contributed by atoms with E-state index in [4.69, 9.17) is 9.47 Å². The molecule has 0 aromatic heterocycles. The number of nitrogens with one attached hydrogen (secondary N) is 2. The fraction of sp³-hybridized carbons (Fsp3) is 0.107. The molecule has 0 saturated carbocycles. The molecule has 8 heteroatoms. The molecular formula is C28H24FN3O4. The molecule has 0 fully saturated rings. The van der Waals surface area contributed by atoms with Gasteiger partial charge in [0.2, 0.25) is 0 Å². The van der Waals surface area contributed by atoms with Crippen molar-refractivity contribution in [2.45, 2.75) is 6.61 Å². The zero-order valence-electron chi connectivity index (χ0n) is 19.3. The van der Waals surface area contributed by atoms with Gasteiger partial charge in [0.15, 0.2) is 6.61 Å². The zero-order chi connectivity index (χ0) is 25.2. The molecular weight excluding hydrogens is 461 g/mol. The third-order valence-electron chi connectivity index (χ3n) is 5.14. The Kier molecular flexibility index (Phi) is 8.22. The van der Waals surface area contributed by atoms with Crippen LogP contribution in [0.15, 0.2) is 96.1 Å². The number of ether oxygens (including phenoxy) is 2. The highest BCUT2D eigenvalue weighted by molar-refractivity contribution is 5.87. The number of hydrogen-bond acceptors (Lipinski definition) is 5. The van der Waals surface area contributed by atoms with Crippen LogP contribution in [0.5, 0.6) is 11.5 Å². The molecule has 0 spiro atoms. The molecule has 0 radical (unpaired) electrons. The van der Waals surface area contributed by atoms with Crippen molar-refractivity contribution in [2.24, 2.45) is 5.10 Å². The van der Waals surface area contributed by atoms with Crippen molar-refractivity contribution in [1.82, 2.24) is 10.7 Å². The van der Waals surface area contributed by atoms with E-state index < -0.39 is 11.8 Å². The number of rotatable bonds is 10. The molecule has 182 valence electrons. The highest BCUT2D eigenvalue weighted by Gasteiger charge is 2.06. The molecule has 0 heterocycles. The summed E-state index contributed by atoms with van der Waals surface area (Å²) in [4.78, 5) is 23.9. The molecule has 4 aromatic rings. The second-order valence-electron chi connectivity index (χ2n) is 7.85. The molecule has 0 aliphatic carbocycles. The monoisotopic (exact) mass is 485 g/mol. The lowest BCUT2D eigenvalue weighted by molar-refractivity contribution is -0.127. The number of nitrogens with zero attached hydrogens (tertiary/aromatic N) is 1. The summed E-state index contributed by atoms with van der Waals surface area (Å²) in [7, 11) is 0. The lowest BCUT2D eigenvalue weighted by atomic mass is 10.1. The first-order chi connectivity index (χ1) is 17.5. The average Bonchev–Trinajstić information content (AvgIpc) is 2.91. The van der Waals surface area contributed by atoms with Gasteiger partial charge in [-0.15, -0.1) is 0 Å². The molecule has 4 aromatic carbocycles. The van der Waals surface area contributed by atoms with Gasteiger partial charge in [-0.1, -0.05) is 42.5 Å². The van der Waals surface area contributed by atoms with E-state index in [-0.39, 0.29) is 19.0 Å². The van der Waals surface area contributed by atoms with Crippen molar-refractivity contribution in [3.63, 3.8) is 0 Å². The minimum atomic E-state index is -0.468. The van der Waals surface area contributed by atoms with Gasteiger partial charge in [0.25, 0.3) is 11.8 Å². The van der Waals surface area contributed by atoms with Crippen molar-refractivity contribution in [3.8, 4) is 11.5 Å². The highest BCUT2D eigenvalue weighted by atomic mass is 19.1. The van der Waals surface area contributed by atoms with Crippen LogP contribution in [0.25, 0.3) is 10.8 Å². The van der Waals surface area contributed by atoms with Gasteiger partial charge in [-0.2, -0.15) is 5.10 Å². The Morgan fingerprint density at radius 3 is 2.31 bits per heavy atom. The Hall–Kier alpha value is -4.72. The van der Waals surface area contributed by atoms with Crippen molar-refractivity contribution >= 4 is 28.8 Å². The van der Waals surface area contributed by atoms with E-state index in [1.165, 1.54) is 18.3 Å². The largest absolute Gasteiger partial charge is 0.489 e. The van der Waals surface area contributed by atoms with Gasteiger partial charge >= 0.3 is 0 Å². The van der Waals surface area contributed by atoms with E-state index in [0.29, 0.717) is 18.1 Å². The van der Waals surface area contributed by atoms with Gasteiger partial charge in [-0.25, -0.2) is 9.82 Å². The van der Waals surface area contributed by atoms with E-state index in [0.717, 1.165) is 21.9 Å². The van der Waals surface area contributed by atoms with Gasteiger partial charge in [-0.05, 0) is 70.4 Å². The third-order valence-corrected chi connectivity index (χ3v) is 5.14. The van der Waals surface area contributed by atoms with E-state index in [1.54, 1.807) is 42.5 Å². The van der Waals surface area contributed by atoms with Gasteiger partial charge in [0.1, 0.15) is 23.9 Å². The first-order valence-corrected chi connectivity index (χ1v) is 11.2. The lowest BCUT2D eigenvalue weighted by Crippen LogP contribution is -2.37. The molecule has 0 atom stereocenters. The van der Waals surface area contributed by atoms with Crippen molar-refractivity contribution in [2.75, 3.05) is 13.2 Å². The summed E-state index contributed by atoms with van der Waals surface area (Å²) < 4.78 is 24.1. The van der Waals surface area contributed by atoms with Crippen LogP contribution >= 0.6 is 0 Å². The van der Waals surface area contributed by atoms with Crippen LogP contribution in [0.1, 0.15) is 11.1 Å². The Morgan fingerprint density at radius 2 is 1.53 bits per heavy atom. The van der Waals surface area contributed by atoms with E-state index in [2.05, 4.69) is 15.8 Å². The van der Waals surface area contributed by atoms with Crippen LogP contribution in [0.4, 0.5) is 4.39 Å². The molecule has 7 nitrogen and oxygen atoms in total. The number of hydrazone groups is 1. The van der Waals surface area contributed by atoms with Crippen molar-refractivity contribution < 1.29 is 23.5 Å². The summed E-state index contributed by atoms with van der Waals surface area (Å²) in [6.45, 7) is -0.110. The number of fused-ring (bicyclic) bond motifs is 1. The number of benzene rings is 4. The van der Waals surface area contributed by atoms with Gasteiger partial charge in [-0.3, -0.25) is 9.59 Å². The SMILES string of the molecule is O=C(COc1ccc2ccccc2c1)NCC(=O)N/N=C/c1ccc(OCc2ccc(F)cc2)cc1. The maximum absolute atomic E-state index is 13.0. The number of carbonyl (C=O) groups is 2. The molecule has 0 unspecified atom stereocenters. The number of amides is 2. The van der Waals surface area contributed by atoms with Crippen LogP contribution in [0.3, 0.4) is 0 Å². The Morgan fingerprint density at radius 1 is 0.806 bits per heavy atom. The third kappa shape index (κ3) is 7.39. The molecule has 4 rings (SSSR count). The number of carbonyl (C=O) groups excluding carboxylic acids is 2. The first-order valence-electron chi connectivity index (χ1n) is 11.2. The minimum Gasteiger partial charge on any atom is -0.489 e. The summed E-state index contributed by atoms with van der Waals surface area (Å²) in [5, 5.41) is 8.47. The molecule has 2 N–H and O–H groups in total. The normalized spacial score (nSPS) is 10.8. The van der Waals surface area contributed by atoms with E-state index in [1.807, 2.05) is 36.4 Å². The van der Waals surface area contributed by atoms with E-state index >= 15 is 0 Å². The summed E-state index contributed by atoms with van der Waals surface area (Å²) in [5.41, 5.74) is 3.97. The van der Waals surface area contributed by atoms with Gasteiger partial charge in [0, 0.05) is 0 Å². The fourth-order valence-electron chi connectivity index (χ4n) is 3.25. The summed E-state index contributed by atoms with van der Waals surface area (Å²) in [6, 6.07) is 26.6. The topological polar surface area (TPSA) is 89.0 Å². The summed E-state index contributed by atoms with van der Waals surface area (Å²) in [5.74, 6) is 0.0461. The molecule has 2 amide bonds. The van der Waals surface area contributed by atoms with E-state index in [9.17, 15) is 14.0 Å². The molecule has 0 bridgehead atoms. The summed E-state index contributed by atoms with van der Waals surface area (Å²) in [6.07, 6.45) is 1.48. The zero-order valence-corrected chi connectivity index (χ0v) is 19.3. The average molecular weight is 486 g/mol. The predicted octanol–water partition coefficient (Wildman–Crippen LogP) is 4.20. The van der Waals surface area contributed by atoms with Crippen molar-refractivity contribution in [3.05, 3.63) is 108 Å². The number of halogens is 1. The maximum atomic E-state index is 13.0. The number of hydrogen-bond donors (Lipinski definition) is 2. The van der Waals surface area contributed by atoms with Gasteiger partial charge < -0.3 is 14.8 Å².